The van der Waals surface area contributed by atoms with Gasteiger partial charge in [0, 0.05) is 90.9 Å². The molecule has 6 heterocycles. The maximum atomic E-state index is 15.5. The van der Waals surface area contributed by atoms with Gasteiger partial charge in [0.05, 0.1) is 33.0 Å². The van der Waals surface area contributed by atoms with Gasteiger partial charge in [-0.05, 0) is 80.2 Å². The molecule has 326 valence electrons. The molecule has 13 heteroatoms. The van der Waals surface area contributed by atoms with Crippen molar-refractivity contribution < 1.29 is 43.5 Å². The average molecular weight is 837 g/mol. The van der Waals surface area contributed by atoms with Crippen LogP contribution in [0.5, 0.6) is 5.75 Å². The Kier molecular flexibility index (Phi) is 9.35. The van der Waals surface area contributed by atoms with Crippen molar-refractivity contribution in [3.05, 3.63) is 70.9 Å². The molecule has 2 saturated carbocycles. The number of aliphatic hydroxyl groups is 2. The fourth-order valence-electron chi connectivity index (χ4n) is 14.8. The number of ether oxygens (including phenoxy) is 4. The second-order valence-corrected chi connectivity index (χ2v) is 19.3. The van der Waals surface area contributed by atoms with E-state index in [4.69, 9.17) is 18.9 Å². The lowest BCUT2D eigenvalue weighted by Gasteiger charge is -2.63. The van der Waals surface area contributed by atoms with Crippen LogP contribution in [0.3, 0.4) is 0 Å². The Morgan fingerprint density at radius 3 is 2.49 bits per heavy atom. The Morgan fingerprint density at radius 1 is 0.967 bits per heavy atom. The third-order valence-electron chi connectivity index (χ3n) is 16.8. The molecule has 2 saturated heterocycles. The van der Waals surface area contributed by atoms with E-state index >= 15 is 4.79 Å². The molecule has 13 nitrogen and oxygen atoms in total. The second-order valence-electron chi connectivity index (χ2n) is 19.3. The van der Waals surface area contributed by atoms with E-state index in [2.05, 4.69) is 45.1 Å². The molecule has 1 spiro atoms. The summed E-state index contributed by atoms with van der Waals surface area (Å²) in [5.41, 5.74) is -1.46. The van der Waals surface area contributed by atoms with Gasteiger partial charge in [0.15, 0.2) is 6.10 Å². The van der Waals surface area contributed by atoms with E-state index in [1.807, 2.05) is 37.1 Å². The predicted molar refractivity (Wildman–Crippen MR) is 227 cm³/mol. The summed E-state index contributed by atoms with van der Waals surface area (Å²) in [6, 6.07) is 11.1. The van der Waals surface area contributed by atoms with Gasteiger partial charge in [-0.15, -0.1) is 0 Å². The van der Waals surface area contributed by atoms with Gasteiger partial charge in [0.25, 0.3) is 0 Å². The molecule has 1 aromatic heterocycles. The van der Waals surface area contributed by atoms with Crippen LogP contribution < -0.4 is 9.64 Å². The zero-order valence-electron chi connectivity index (χ0n) is 36.3. The average Bonchev–Trinajstić information content (AvgIpc) is 3.92. The van der Waals surface area contributed by atoms with Gasteiger partial charge in [-0.2, -0.15) is 0 Å². The number of likely N-dealkylation sites (N-methyl/N-ethyl adjacent to an activating group) is 1. The van der Waals surface area contributed by atoms with E-state index in [1.54, 1.807) is 7.11 Å². The van der Waals surface area contributed by atoms with Gasteiger partial charge in [-0.1, -0.05) is 50.1 Å². The summed E-state index contributed by atoms with van der Waals surface area (Å²) in [7, 11) is 6.21. The number of fused-ring (bicyclic) bond motifs is 8. The SMILES string of the molecule is CC[C@]12C=CCN3CC[C@@]4(c5cc([C@@]6(C(=O)OC)C[C@H]7CN(CCc8c6[nH]c6ccccc86)C[C@]6(O)CCCC[C@H]76)c(OC)cc5N(C)C4[C@@](O)(C(=O)OC)[C@@H]1OC(C)=O)[C@@H]32. The second kappa shape index (κ2) is 14.0. The highest BCUT2D eigenvalue weighted by Crippen LogP contribution is 2.68. The summed E-state index contributed by atoms with van der Waals surface area (Å²) in [6.07, 6.45) is 8.52. The Hall–Kier alpha value is -4.43. The van der Waals surface area contributed by atoms with Crippen LogP contribution >= 0.6 is 0 Å². The van der Waals surface area contributed by atoms with Crippen LogP contribution in [0.1, 0.15) is 81.2 Å². The predicted octanol–water partition coefficient (Wildman–Crippen LogP) is 4.38. The number of H-pyrrole nitrogens is 1. The van der Waals surface area contributed by atoms with E-state index in [9.17, 15) is 19.8 Å². The van der Waals surface area contributed by atoms with Crippen LogP contribution in [0.25, 0.3) is 10.9 Å². The molecule has 0 radical (unpaired) electrons. The van der Waals surface area contributed by atoms with Crippen molar-refractivity contribution in [2.45, 2.75) is 105 Å². The first-order chi connectivity index (χ1) is 29.3. The molecule has 2 bridgehead atoms. The third-order valence-corrected chi connectivity index (χ3v) is 16.8. The summed E-state index contributed by atoms with van der Waals surface area (Å²) in [4.78, 5) is 53.6. The number of para-hydroxylation sites is 1. The van der Waals surface area contributed by atoms with Crippen molar-refractivity contribution in [3.8, 4) is 5.75 Å². The van der Waals surface area contributed by atoms with Gasteiger partial charge in [-0.3, -0.25) is 19.4 Å². The van der Waals surface area contributed by atoms with Gasteiger partial charge < -0.3 is 39.0 Å². The maximum absolute atomic E-state index is 15.5. The topological polar surface area (TPSA) is 154 Å². The number of piperidine rings is 1. The molecular weight excluding hydrogens is 777 g/mol. The summed E-state index contributed by atoms with van der Waals surface area (Å²) < 4.78 is 24.1. The van der Waals surface area contributed by atoms with Crippen LogP contribution in [0, 0.1) is 17.3 Å². The van der Waals surface area contributed by atoms with Crippen LogP contribution in [-0.4, -0.2) is 133 Å². The smallest absolute Gasteiger partial charge is 0.344 e. The van der Waals surface area contributed by atoms with E-state index in [0.29, 0.717) is 56.6 Å². The number of nitrogens with one attached hydrogen (secondary N) is 1. The Bertz CT molecular complexity index is 2350. The lowest BCUT2D eigenvalue weighted by Crippen LogP contribution is -2.81. The first-order valence-corrected chi connectivity index (χ1v) is 22.3. The Balaban J connectivity index is 1.28. The first kappa shape index (κ1) is 40.6. The lowest BCUT2D eigenvalue weighted by atomic mass is 9.47. The van der Waals surface area contributed by atoms with Crippen molar-refractivity contribution in [1.29, 1.82) is 0 Å². The molecule has 4 fully saturated rings. The molecule has 2 unspecified atom stereocenters. The summed E-state index contributed by atoms with van der Waals surface area (Å²) in [6.45, 7) is 6.73. The molecule has 11 atom stereocenters. The van der Waals surface area contributed by atoms with Crippen molar-refractivity contribution in [2.24, 2.45) is 17.3 Å². The number of carbonyl (C=O) groups is 3. The van der Waals surface area contributed by atoms with Crippen molar-refractivity contribution >= 4 is 34.5 Å². The summed E-state index contributed by atoms with van der Waals surface area (Å²) >= 11 is 0. The number of rotatable bonds is 6. The molecule has 2 aliphatic carbocycles. The lowest BCUT2D eigenvalue weighted by molar-refractivity contribution is -0.228. The van der Waals surface area contributed by atoms with E-state index in [-0.39, 0.29) is 17.9 Å². The third kappa shape index (κ3) is 5.17. The monoisotopic (exact) mass is 836 g/mol. The first-order valence-electron chi connectivity index (χ1n) is 22.3. The van der Waals surface area contributed by atoms with Gasteiger partial charge >= 0.3 is 17.9 Å². The number of carbonyl (C=O) groups excluding carboxylic acids is 3. The number of aromatic nitrogens is 1. The molecule has 10 rings (SSSR count). The summed E-state index contributed by atoms with van der Waals surface area (Å²) in [5.74, 6) is -1.50. The molecule has 3 aromatic rings. The number of anilines is 1. The fourth-order valence-corrected chi connectivity index (χ4v) is 14.8. The molecule has 5 aliphatic heterocycles. The molecule has 0 amide bonds. The Labute approximate surface area is 357 Å². The van der Waals surface area contributed by atoms with Crippen LogP contribution in [0.4, 0.5) is 5.69 Å². The fraction of sp³-hybridized carbons (Fsp3) is 0.604. The van der Waals surface area contributed by atoms with E-state index in [0.717, 1.165) is 72.2 Å². The number of hydrogen-bond acceptors (Lipinski definition) is 12. The maximum Gasteiger partial charge on any atom is 0.344 e. The zero-order valence-corrected chi connectivity index (χ0v) is 36.3. The molecule has 3 N–H and O–H groups in total. The van der Waals surface area contributed by atoms with E-state index in [1.165, 1.54) is 21.1 Å². The normalized spacial score (nSPS) is 38.5. The highest BCUT2D eigenvalue weighted by molar-refractivity contribution is 5.95. The number of hydrogen-bond donors (Lipinski definition) is 3. The largest absolute Gasteiger partial charge is 0.496 e. The number of esters is 3. The number of nitrogens with zero attached hydrogens (tertiary/aromatic N) is 3. The molecule has 61 heavy (non-hydrogen) atoms. The van der Waals surface area contributed by atoms with E-state index < -0.39 is 57.5 Å². The quantitative estimate of drug-likeness (QED) is 0.184. The number of methoxy groups -OCH3 is 3. The number of benzene rings is 2. The number of aromatic amines is 1. The van der Waals surface area contributed by atoms with Gasteiger partial charge in [0.2, 0.25) is 5.60 Å². The summed E-state index contributed by atoms with van der Waals surface area (Å²) in [5, 5.41) is 26.9. The van der Waals surface area contributed by atoms with Gasteiger partial charge in [-0.25, -0.2) is 4.79 Å². The minimum absolute atomic E-state index is 0.0174. The minimum atomic E-state index is -2.30. The van der Waals surface area contributed by atoms with Crippen LogP contribution in [0.15, 0.2) is 48.6 Å². The van der Waals surface area contributed by atoms with Crippen molar-refractivity contribution in [1.82, 2.24) is 14.8 Å². The molecular formula is C48H60N4O9. The molecule has 2 aromatic carbocycles. The highest BCUT2D eigenvalue weighted by atomic mass is 16.6. The Morgan fingerprint density at radius 2 is 1.75 bits per heavy atom. The highest BCUT2D eigenvalue weighted by Gasteiger charge is 2.80. The molecule has 7 aliphatic rings. The standard InChI is InChI=1S/C48H60N4O9/c1-7-44-17-12-20-52-22-19-46(39(44)52)33-23-34(37(58-4)24-36(33)50(3)40(46)48(57,43(55)60-6)41(44)61-28(2)53)47(42(54)59-5)25-29-26-51(27-45(56)18-11-10-14-32(29)45)21-16-31-30-13-8-9-15-35(30)49-38(31)47/h8-9,12-13,15,17,23-24,29,32,39-41,49,56-57H,7,10-11,14,16,18-22,25-27H2,1-6H3/t29-,32+,39-,40?,41+,44+,45+,46+,47-,48-/m0/s1. The van der Waals surface area contributed by atoms with Crippen molar-refractivity contribution in [3.63, 3.8) is 0 Å². The van der Waals surface area contributed by atoms with Crippen LogP contribution in [-0.2, 0) is 45.8 Å². The zero-order chi connectivity index (χ0) is 42.9. The van der Waals surface area contributed by atoms with Gasteiger partial charge in [0.1, 0.15) is 11.2 Å². The van der Waals surface area contributed by atoms with Crippen molar-refractivity contribution in [2.75, 3.05) is 66.0 Å². The minimum Gasteiger partial charge on any atom is -0.496 e. The van der Waals surface area contributed by atoms with Crippen LogP contribution in [0.2, 0.25) is 0 Å².